The first-order valence-electron chi connectivity index (χ1n) is 14.9. The van der Waals surface area contributed by atoms with E-state index in [0.717, 1.165) is 39.3 Å². The number of rotatable bonds is 4. The minimum atomic E-state index is 0.968. The molecule has 2 nitrogen and oxygen atoms in total. The fourth-order valence-corrected chi connectivity index (χ4v) is 7.72. The van der Waals surface area contributed by atoms with Crippen LogP contribution in [0.15, 0.2) is 152 Å². The summed E-state index contributed by atoms with van der Waals surface area (Å²) in [4.78, 5) is 7.41. The first kappa shape index (κ1) is 25.0. The van der Waals surface area contributed by atoms with Crippen molar-refractivity contribution in [2.45, 2.75) is 0 Å². The Morgan fingerprint density at radius 3 is 1.95 bits per heavy atom. The number of hydrogen-bond donors (Lipinski definition) is 0. The van der Waals surface area contributed by atoms with E-state index in [9.17, 15) is 0 Å². The molecule has 3 heteroatoms. The van der Waals surface area contributed by atoms with E-state index in [1.54, 1.807) is 0 Å². The first-order valence-corrected chi connectivity index (χ1v) is 15.7. The maximum atomic E-state index is 5.08. The Labute approximate surface area is 259 Å². The second-order valence-electron chi connectivity index (χ2n) is 11.2. The Hall–Kier alpha value is -5.51. The number of thiophene rings is 1. The van der Waals surface area contributed by atoms with Crippen molar-refractivity contribution in [3.8, 4) is 33.6 Å². The molecule has 8 aromatic rings. The standard InChI is InChI=1S/C41H26N2S/c1-3-11-27(12-4-1)35-24-31(25-36(42-35)28-13-5-2-6-14-28)29-15-9-17-32(23-29)43-22-21-34-40-30(16-10-19-37(40)43)26-39-41(34)33-18-7-8-20-38(33)44-39/h1-26H. The lowest BCUT2D eigenvalue weighted by Gasteiger charge is -2.27. The number of hydrogen-bond acceptors (Lipinski definition) is 3. The van der Waals surface area contributed by atoms with Gasteiger partial charge in [0.25, 0.3) is 0 Å². The molecule has 44 heavy (non-hydrogen) atoms. The smallest absolute Gasteiger partial charge is 0.0715 e. The van der Waals surface area contributed by atoms with Crippen molar-refractivity contribution in [2.75, 3.05) is 4.90 Å². The van der Waals surface area contributed by atoms with Crippen molar-refractivity contribution in [1.82, 2.24) is 4.98 Å². The summed E-state index contributed by atoms with van der Waals surface area (Å²) in [5, 5.41) is 5.27. The van der Waals surface area contributed by atoms with Gasteiger partial charge in [-0.15, -0.1) is 11.3 Å². The van der Waals surface area contributed by atoms with Gasteiger partial charge in [0.1, 0.15) is 0 Å². The van der Waals surface area contributed by atoms with Crippen LogP contribution < -0.4 is 4.90 Å². The lowest BCUT2D eigenvalue weighted by molar-refractivity contribution is 1.29. The van der Waals surface area contributed by atoms with Crippen LogP contribution >= 0.6 is 11.3 Å². The molecule has 2 aromatic heterocycles. The fourth-order valence-electron chi connectivity index (χ4n) is 6.55. The Morgan fingerprint density at radius 1 is 0.500 bits per heavy atom. The number of nitrogens with zero attached hydrogens (tertiary/aromatic N) is 2. The molecule has 0 atom stereocenters. The van der Waals surface area contributed by atoms with Crippen molar-refractivity contribution >= 4 is 59.7 Å². The van der Waals surface area contributed by atoms with Crippen molar-refractivity contribution in [3.63, 3.8) is 0 Å². The summed E-state index contributed by atoms with van der Waals surface area (Å²) in [6.45, 7) is 0. The van der Waals surface area contributed by atoms with Crippen LogP contribution in [0.5, 0.6) is 0 Å². The average molecular weight is 579 g/mol. The zero-order valence-electron chi connectivity index (χ0n) is 23.8. The van der Waals surface area contributed by atoms with E-state index in [4.69, 9.17) is 4.98 Å². The maximum absolute atomic E-state index is 5.08. The number of aromatic nitrogens is 1. The highest BCUT2D eigenvalue weighted by atomic mass is 32.1. The summed E-state index contributed by atoms with van der Waals surface area (Å²) in [7, 11) is 0. The summed E-state index contributed by atoms with van der Waals surface area (Å²) >= 11 is 1.88. The molecule has 9 rings (SSSR count). The van der Waals surface area contributed by atoms with Crippen LogP contribution in [0.3, 0.4) is 0 Å². The number of benzene rings is 6. The Bertz CT molecular complexity index is 2330. The molecular formula is C41H26N2S. The summed E-state index contributed by atoms with van der Waals surface area (Å²) in [6, 6.07) is 52.0. The van der Waals surface area contributed by atoms with Crippen LogP contribution in [0.1, 0.15) is 5.56 Å². The van der Waals surface area contributed by atoms with Crippen molar-refractivity contribution in [2.24, 2.45) is 0 Å². The molecule has 0 N–H and O–H groups in total. The molecule has 0 unspecified atom stereocenters. The van der Waals surface area contributed by atoms with Gasteiger partial charge in [-0.3, -0.25) is 0 Å². The van der Waals surface area contributed by atoms with E-state index < -0.39 is 0 Å². The van der Waals surface area contributed by atoms with E-state index in [2.05, 4.69) is 151 Å². The van der Waals surface area contributed by atoms with Crippen LogP contribution in [0.25, 0.3) is 70.7 Å². The Kier molecular flexibility index (Phi) is 5.71. The zero-order chi connectivity index (χ0) is 29.0. The van der Waals surface area contributed by atoms with Crippen LogP contribution in [-0.4, -0.2) is 4.98 Å². The lowest BCUT2D eigenvalue weighted by Crippen LogP contribution is -2.12. The molecule has 0 fully saturated rings. The summed E-state index contributed by atoms with van der Waals surface area (Å²) in [5.74, 6) is 0. The fraction of sp³-hybridized carbons (Fsp3) is 0. The molecular weight excluding hydrogens is 553 g/mol. The first-order chi connectivity index (χ1) is 21.8. The minimum Gasteiger partial charge on any atom is -0.316 e. The summed E-state index contributed by atoms with van der Waals surface area (Å²) in [5.41, 5.74) is 10.1. The predicted octanol–water partition coefficient (Wildman–Crippen LogP) is 11.7. The topological polar surface area (TPSA) is 16.1 Å². The highest BCUT2D eigenvalue weighted by Crippen LogP contribution is 2.46. The average Bonchev–Trinajstić information content (AvgIpc) is 3.47. The molecule has 0 saturated carbocycles. The van der Waals surface area contributed by atoms with E-state index in [1.165, 1.54) is 42.2 Å². The molecule has 1 aliphatic heterocycles. The van der Waals surface area contributed by atoms with E-state index in [0.29, 0.717) is 0 Å². The molecule has 206 valence electrons. The van der Waals surface area contributed by atoms with Gasteiger partial charge < -0.3 is 4.90 Å². The highest BCUT2D eigenvalue weighted by Gasteiger charge is 2.21. The van der Waals surface area contributed by atoms with Gasteiger partial charge in [0, 0.05) is 48.6 Å². The largest absolute Gasteiger partial charge is 0.316 e. The lowest BCUT2D eigenvalue weighted by atomic mass is 9.94. The van der Waals surface area contributed by atoms with Crippen LogP contribution in [0, 0.1) is 0 Å². The molecule has 0 saturated heterocycles. The van der Waals surface area contributed by atoms with Gasteiger partial charge in [0.15, 0.2) is 0 Å². The van der Waals surface area contributed by atoms with Gasteiger partial charge in [-0.25, -0.2) is 4.98 Å². The van der Waals surface area contributed by atoms with Gasteiger partial charge in [-0.05, 0) is 70.6 Å². The van der Waals surface area contributed by atoms with Crippen LogP contribution in [-0.2, 0) is 0 Å². The quantitative estimate of drug-likeness (QED) is 0.206. The van der Waals surface area contributed by atoms with Gasteiger partial charge in [0.05, 0.1) is 17.1 Å². The highest BCUT2D eigenvalue weighted by molar-refractivity contribution is 7.26. The molecule has 0 amide bonds. The second-order valence-corrected chi connectivity index (χ2v) is 12.3. The predicted molar refractivity (Wildman–Crippen MR) is 189 cm³/mol. The number of pyridine rings is 1. The maximum Gasteiger partial charge on any atom is 0.0715 e. The monoisotopic (exact) mass is 578 g/mol. The van der Waals surface area contributed by atoms with E-state index >= 15 is 0 Å². The van der Waals surface area contributed by atoms with Gasteiger partial charge >= 0.3 is 0 Å². The normalized spacial score (nSPS) is 12.4. The number of fused-ring (bicyclic) bond motifs is 4. The van der Waals surface area contributed by atoms with Crippen molar-refractivity contribution in [3.05, 3.63) is 157 Å². The SMILES string of the molecule is C1=CN(c2cccc(-c3cc(-c4ccccc4)nc(-c4ccccc4)c3)c2)c2cccc3cc4sc5ccccc5c4c1c23. The molecule has 0 radical (unpaired) electrons. The number of anilines is 2. The van der Waals surface area contributed by atoms with E-state index in [1.807, 2.05) is 23.5 Å². The van der Waals surface area contributed by atoms with Crippen molar-refractivity contribution < 1.29 is 0 Å². The van der Waals surface area contributed by atoms with Gasteiger partial charge in [-0.1, -0.05) is 103 Å². The summed E-state index contributed by atoms with van der Waals surface area (Å²) in [6.07, 6.45) is 4.54. The van der Waals surface area contributed by atoms with Crippen LogP contribution in [0.2, 0.25) is 0 Å². The van der Waals surface area contributed by atoms with Gasteiger partial charge in [0.2, 0.25) is 0 Å². The minimum absolute atomic E-state index is 0.968. The van der Waals surface area contributed by atoms with E-state index in [-0.39, 0.29) is 0 Å². The Morgan fingerprint density at radius 2 is 1.18 bits per heavy atom. The second kappa shape index (κ2) is 10.0. The molecule has 0 bridgehead atoms. The summed E-state index contributed by atoms with van der Waals surface area (Å²) < 4.78 is 2.67. The van der Waals surface area contributed by atoms with Gasteiger partial charge in [-0.2, -0.15) is 0 Å². The molecule has 6 aromatic carbocycles. The molecule has 3 heterocycles. The third kappa shape index (κ3) is 4.05. The zero-order valence-corrected chi connectivity index (χ0v) is 24.6. The molecule has 0 aliphatic carbocycles. The van der Waals surface area contributed by atoms with Crippen molar-refractivity contribution in [1.29, 1.82) is 0 Å². The molecule has 1 aliphatic rings. The Balaban J connectivity index is 1.19. The third-order valence-electron chi connectivity index (χ3n) is 8.59. The molecule has 0 spiro atoms. The third-order valence-corrected chi connectivity index (χ3v) is 9.71. The van der Waals surface area contributed by atoms with Crippen LogP contribution in [0.4, 0.5) is 11.4 Å².